The van der Waals surface area contributed by atoms with Crippen molar-refractivity contribution >= 4 is 56.9 Å². The highest BCUT2D eigenvalue weighted by Crippen LogP contribution is 2.39. The Morgan fingerprint density at radius 3 is 2.40 bits per heavy atom. The number of hydrogen-bond acceptors (Lipinski definition) is 6. The second kappa shape index (κ2) is 11.0. The van der Waals surface area contributed by atoms with Gasteiger partial charge in [-0.2, -0.15) is 0 Å². The summed E-state index contributed by atoms with van der Waals surface area (Å²) >= 11 is 8.88. The summed E-state index contributed by atoms with van der Waals surface area (Å²) in [7, 11) is 0. The van der Waals surface area contributed by atoms with Gasteiger partial charge in [0.05, 0.1) is 11.4 Å². The molecule has 1 aliphatic heterocycles. The molecule has 166 valence electrons. The van der Waals surface area contributed by atoms with Gasteiger partial charge in [0.2, 0.25) is 0 Å². The number of rotatable bonds is 6. The molecule has 0 bridgehead atoms. The SMILES string of the molecule is CCc1ccc(N=C2SCC(CC)(CC)CN2C(=S)SCC(=O)OC(C)(C)C)cc1. The van der Waals surface area contributed by atoms with Crippen molar-refractivity contribution in [2.24, 2.45) is 10.4 Å². The third-order valence-corrected chi connectivity index (χ3v) is 8.00. The molecular formula is C23H34N2O2S3. The first-order chi connectivity index (χ1) is 14.1. The van der Waals surface area contributed by atoms with Gasteiger partial charge in [-0.25, -0.2) is 4.99 Å². The van der Waals surface area contributed by atoms with Crippen LogP contribution in [0.1, 0.15) is 59.9 Å². The zero-order valence-electron chi connectivity index (χ0n) is 19.0. The molecule has 0 unspecified atom stereocenters. The maximum Gasteiger partial charge on any atom is 0.316 e. The second-order valence-electron chi connectivity index (χ2n) is 8.64. The molecule has 30 heavy (non-hydrogen) atoms. The number of nitrogens with zero attached hydrogens (tertiary/aromatic N) is 2. The fraction of sp³-hybridized carbons (Fsp3) is 0.609. The van der Waals surface area contributed by atoms with Crippen LogP contribution in [0.4, 0.5) is 5.69 Å². The van der Waals surface area contributed by atoms with Gasteiger partial charge >= 0.3 is 5.97 Å². The Kier molecular flexibility index (Phi) is 9.25. The molecule has 0 saturated carbocycles. The van der Waals surface area contributed by atoms with Crippen LogP contribution in [0.15, 0.2) is 29.3 Å². The zero-order valence-corrected chi connectivity index (χ0v) is 21.4. The van der Waals surface area contributed by atoms with E-state index in [9.17, 15) is 4.79 Å². The van der Waals surface area contributed by atoms with Crippen LogP contribution in [-0.2, 0) is 16.0 Å². The molecule has 1 heterocycles. The molecule has 4 nitrogen and oxygen atoms in total. The lowest BCUT2D eigenvalue weighted by molar-refractivity contribution is -0.151. The van der Waals surface area contributed by atoms with E-state index >= 15 is 0 Å². The van der Waals surface area contributed by atoms with E-state index in [0.29, 0.717) is 4.32 Å². The van der Waals surface area contributed by atoms with E-state index in [4.69, 9.17) is 21.9 Å². The third-order valence-electron chi connectivity index (χ3n) is 5.26. The Balaban J connectivity index is 2.19. The predicted octanol–water partition coefficient (Wildman–Crippen LogP) is 6.45. The molecule has 0 aliphatic carbocycles. The number of ether oxygens (including phenoxy) is 1. The van der Waals surface area contributed by atoms with E-state index in [1.807, 2.05) is 20.8 Å². The van der Waals surface area contributed by atoms with Gasteiger partial charge < -0.3 is 9.64 Å². The van der Waals surface area contributed by atoms with Crippen molar-refractivity contribution in [3.63, 3.8) is 0 Å². The van der Waals surface area contributed by atoms with Gasteiger partial charge in [-0.05, 0) is 63.1 Å². The number of carbonyl (C=O) groups is 1. The number of esters is 1. The molecule has 0 radical (unpaired) electrons. The van der Waals surface area contributed by atoms with Gasteiger partial charge in [-0.1, -0.05) is 68.6 Å². The molecule has 0 amide bonds. The van der Waals surface area contributed by atoms with Crippen LogP contribution in [0.3, 0.4) is 0 Å². The number of thioether (sulfide) groups is 2. The smallest absolute Gasteiger partial charge is 0.316 e. The second-order valence-corrected chi connectivity index (χ2v) is 11.2. The zero-order chi connectivity index (χ0) is 22.4. The number of carbonyl (C=O) groups excluding carboxylic acids is 1. The number of thiocarbonyl (C=S) groups is 1. The first-order valence-corrected chi connectivity index (χ1v) is 13.0. The van der Waals surface area contributed by atoms with Crippen molar-refractivity contribution in [2.45, 2.75) is 66.4 Å². The number of hydrogen-bond donors (Lipinski definition) is 0. The molecule has 0 N–H and O–H groups in total. The van der Waals surface area contributed by atoms with Crippen molar-refractivity contribution in [1.82, 2.24) is 4.90 Å². The molecule has 1 fully saturated rings. The van der Waals surface area contributed by atoms with Gasteiger partial charge in [0, 0.05) is 12.3 Å². The molecule has 0 spiro atoms. The monoisotopic (exact) mass is 466 g/mol. The van der Waals surface area contributed by atoms with Gasteiger partial charge in [0.25, 0.3) is 0 Å². The summed E-state index contributed by atoms with van der Waals surface area (Å²) in [5.41, 5.74) is 1.94. The third kappa shape index (κ3) is 7.27. The van der Waals surface area contributed by atoms with Crippen LogP contribution in [0.5, 0.6) is 0 Å². The molecule has 1 aromatic carbocycles. The van der Waals surface area contributed by atoms with Gasteiger partial charge in [-0.15, -0.1) is 0 Å². The molecule has 0 aromatic heterocycles. The minimum atomic E-state index is -0.489. The summed E-state index contributed by atoms with van der Waals surface area (Å²) in [5.74, 6) is 0.994. The summed E-state index contributed by atoms with van der Waals surface area (Å²) in [6, 6.07) is 8.36. The minimum Gasteiger partial charge on any atom is -0.459 e. The summed E-state index contributed by atoms with van der Waals surface area (Å²) in [6.07, 6.45) is 3.19. The summed E-state index contributed by atoms with van der Waals surface area (Å²) < 4.78 is 6.11. The summed E-state index contributed by atoms with van der Waals surface area (Å²) in [6.45, 7) is 13.1. The summed E-state index contributed by atoms with van der Waals surface area (Å²) in [4.78, 5) is 19.2. The topological polar surface area (TPSA) is 41.9 Å². The van der Waals surface area contributed by atoms with Crippen molar-refractivity contribution < 1.29 is 9.53 Å². The van der Waals surface area contributed by atoms with Crippen molar-refractivity contribution in [2.75, 3.05) is 18.1 Å². The Hall–Kier alpha value is -1.05. The molecule has 2 rings (SSSR count). The van der Waals surface area contributed by atoms with E-state index in [1.165, 1.54) is 17.3 Å². The fourth-order valence-corrected chi connectivity index (χ4v) is 5.61. The van der Waals surface area contributed by atoms with Crippen LogP contribution < -0.4 is 0 Å². The van der Waals surface area contributed by atoms with Gasteiger partial charge in [-0.3, -0.25) is 4.79 Å². The largest absolute Gasteiger partial charge is 0.459 e. The number of aryl methyl sites for hydroxylation is 1. The average molecular weight is 467 g/mol. The van der Waals surface area contributed by atoms with Gasteiger partial charge in [0.15, 0.2) is 5.17 Å². The molecule has 7 heteroatoms. The number of amidine groups is 1. The molecule has 1 saturated heterocycles. The highest BCUT2D eigenvalue weighted by Gasteiger charge is 2.37. The van der Waals surface area contributed by atoms with Crippen molar-refractivity contribution in [3.05, 3.63) is 29.8 Å². The lowest BCUT2D eigenvalue weighted by Gasteiger charge is -2.42. The molecule has 1 aromatic rings. The van der Waals surface area contributed by atoms with Crippen molar-refractivity contribution in [3.8, 4) is 0 Å². The quantitative estimate of drug-likeness (QED) is 0.354. The predicted molar refractivity (Wildman–Crippen MR) is 136 cm³/mol. The number of aliphatic imine (C=N–C) groups is 1. The maximum absolute atomic E-state index is 12.2. The minimum absolute atomic E-state index is 0.201. The Morgan fingerprint density at radius 2 is 1.87 bits per heavy atom. The van der Waals surface area contributed by atoms with E-state index in [2.05, 4.69) is 49.9 Å². The fourth-order valence-electron chi connectivity index (χ4n) is 3.14. The Labute approximate surface area is 195 Å². The first kappa shape index (κ1) is 25.2. The van der Waals surface area contributed by atoms with Crippen LogP contribution >= 0.6 is 35.7 Å². The average Bonchev–Trinajstić information content (AvgIpc) is 2.72. The van der Waals surface area contributed by atoms with E-state index in [0.717, 1.165) is 42.4 Å². The van der Waals surface area contributed by atoms with Crippen LogP contribution in [0.2, 0.25) is 0 Å². The standard InChI is InChI=1S/C23H34N2O2S3/c1-7-17-10-12-18(13-11-17)24-20-25(15-23(8-2,9-3)16-30-20)21(28)29-14-19(26)27-22(4,5)6/h10-13H,7-9,14-16H2,1-6H3. The molecular weight excluding hydrogens is 432 g/mol. The number of benzene rings is 1. The molecule has 1 aliphatic rings. The van der Waals surface area contributed by atoms with Gasteiger partial charge in [0.1, 0.15) is 9.92 Å². The van der Waals surface area contributed by atoms with Crippen molar-refractivity contribution in [1.29, 1.82) is 0 Å². The van der Waals surface area contributed by atoms with Crippen LogP contribution in [0.25, 0.3) is 0 Å². The highest BCUT2D eigenvalue weighted by atomic mass is 32.2. The lowest BCUT2D eigenvalue weighted by atomic mass is 9.84. The van der Waals surface area contributed by atoms with E-state index < -0.39 is 5.60 Å². The highest BCUT2D eigenvalue weighted by molar-refractivity contribution is 8.23. The molecule has 0 atom stereocenters. The summed E-state index contributed by atoms with van der Waals surface area (Å²) in [5, 5.41) is 0.915. The van der Waals surface area contributed by atoms with Crippen LogP contribution in [0, 0.1) is 5.41 Å². The lowest BCUT2D eigenvalue weighted by Crippen LogP contribution is -2.47. The van der Waals surface area contributed by atoms with Crippen LogP contribution in [-0.4, -0.2) is 44.0 Å². The van der Waals surface area contributed by atoms with E-state index in [-0.39, 0.29) is 17.1 Å². The normalized spacial score (nSPS) is 17.8. The maximum atomic E-state index is 12.2. The Morgan fingerprint density at radius 1 is 1.23 bits per heavy atom. The Bertz CT molecular complexity index is 766. The first-order valence-electron chi connectivity index (χ1n) is 10.6. The van der Waals surface area contributed by atoms with E-state index in [1.54, 1.807) is 11.8 Å².